The van der Waals surface area contributed by atoms with Crippen LogP contribution in [0.15, 0.2) is 36.4 Å². The van der Waals surface area contributed by atoms with Gasteiger partial charge in [0.15, 0.2) is 0 Å². The van der Waals surface area contributed by atoms with Crippen LogP contribution in [0.3, 0.4) is 0 Å². The summed E-state index contributed by atoms with van der Waals surface area (Å²) in [5.74, 6) is 0.00785. The third-order valence-electron chi connectivity index (χ3n) is 6.92. The molecule has 2 aliphatic heterocycles. The average Bonchev–Trinajstić information content (AvgIpc) is 3.30. The van der Waals surface area contributed by atoms with E-state index < -0.39 is 41.1 Å². The summed E-state index contributed by atoms with van der Waals surface area (Å²) in [6, 6.07) is 5.81. The number of fused-ring (bicyclic) bond motifs is 1. The summed E-state index contributed by atoms with van der Waals surface area (Å²) in [7, 11) is 1.52. The Bertz CT molecular complexity index is 1100. The highest BCUT2D eigenvalue weighted by molar-refractivity contribution is 5.85. The number of hydrazine groups is 1. The van der Waals surface area contributed by atoms with E-state index in [2.05, 4.69) is 15.8 Å². The van der Waals surface area contributed by atoms with Gasteiger partial charge in [-0.05, 0) is 67.8 Å². The Morgan fingerprint density at radius 2 is 1.68 bits per heavy atom. The van der Waals surface area contributed by atoms with Crippen LogP contribution < -0.4 is 15.6 Å². The third kappa shape index (κ3) is 6.12. The molecule has 2 aromatic carbocycles. The van der Waals surface area contributed by atoms with Crippen molar-refractivity contribution >= 4 is 11.6 Å². The number of hydrogen-bond donors (Lipinski definition) is 2. The molecule has 37 heavy (non-hydrogen) atoms. The number of alkyl halides is 6. The van der Waals surface area contributed by atoms with Gasteiger partial charge in [-0.3, -0.25) is 25.4 Å². The molecule has 2 heterocycles. The molecule has 2 aliphatic rings. The number of aryl methyl sites for hydroxylation is 1. The van der Waals surface area contributed by atoms with Crippen molar-refractivity contribution in [1.82, 2.24) is 15.2 Å². The van der Waals surface area contributed by atoms with Crippen molar-refractivity contribution < 1.29 is 35.9 Å². The highest BCUT2D eigenvalue weighted by atomic mass is 19.4. The number of amides is 1. The molecular formula is C25H28F6N4O2. The molecular weight excluding hydrogens is 502 g/mol. The number of ether oxygens (including phenoxy) is 1. The molecule has 0 aliphatic carbocycles. The van der Waals surface area contributed by atoms with Gasteiger partial charge in [0.2, 0.25) is 0 Å². The highest BCUT2D eigenvalue weighted by Crippen LogP contribution is 2.38. The second-order valence-corrected chi connectivity index (χ2v) is 9.36. The number of carbonyl (C=O) groups excluding carboxylic acids is 1. The zero-order chi connectivity index (χ0) is 27.0. The maximum Gasteiger partial charge on any atom is 0.416 e. The van der Waals surface area contributed by atoms with Crippen molar-refractivity contribution in [3.05, 3.63) is 58.7 Å². The van der Waals surface area contributed by atoms with Crippen molar-refractivity contribution in [2.45, 2.75) is 44.2 Å². The number of benzene rings is 2. The molecule has 2 N–H and O–H groups in total. The summed E-state index contributed by atoms with van der Waals surface area (Å²) >= 11 is 0. The van der Waals surface area contributed by atoms with Crippen LogP contribution >= 0.6 is 0 Å². The lowest BCUT2D eigenvalue weighted by Gasteiger charge is -2.41. The van der Waals surface area contributed by atoms with Gasteiger partial charge >= 0.3 is 12.4 Å². The van der Waals surface area contributed by atoms with Gasteiger partial charge < -0.3 is 4.74 Å². The van der Waals surface area contributed by atoms with E-state index in [9.17, 15) is 31.1 Å². The van der Waals surface area contributed by atoms with Crippen LogP contribution in [0.4, 0.5) is 32.0 Å². The topological polar surface area (TPSA) is 56.8 Å². The van der Waals surface area contributed by atoms with E-state index in [-0.39, 0.29) is 12.1 Å². The van der Waals surface area contributed by atoms with Crippen LogP contribution in [-0.2, 0) is 17.1 Å². The Hall–Kier alpha value is -2.99. The monoisotopic (exact) mass is 530 g/mol. The van der Waals surface area contributed by atoms with Crippen molar-refractivity contribution in [3.63, 3.8) is 0 Å². The lowest BCUT2D eigenvalue weighted by atomic mass is 9.97. The molecule has 2 aromatic rings. The van der Waals surface area contributed by atoms with Crippen molar-refractivity contribution in [1.29, 1.82) is 0 Å². The van der Waals surface area contributed by atoms with E-state index in [4.69, 9.17) is 4.74 Å². The average molecular weight is 531 g/mol. The summed E-state index contributed by atoms with van der Waals surface area (Å²) in [4.78, 5) is 17.8. The summed E-state index contributed by atoms with van der Waals surface area (Å²) in [5.41, 5.74) is 2.61. The predicted octanol–water partition coefficient (Wildman–Crippen LogP) is 5.01. The van der Waals surface area contributed by atoms with Gasteiger partial charge in [-0.1, -0.05) is 6.07 Å². The Labute approximate surface area is 210 Å². The minimum atomic E-state index is -4.99. The molecule has 0 saturated carbocycles. The van der Waals surface area contributed by atoms with Crippen molar-refractivity contribution in [3.8, 4) is 5.75 Å². The first kappa shape index (κ1) is 27.1. The SMILES string of the molecule is COc1ccc(C(C(=O)NNc2cc(C(F)(F)F)cc(C(F)(F)F)c2)N2CCN3CCC[C@@H]3C2)c(C)c1. The van der Waals surface area contributed by atoms with Crippen LogP contribution in [0.5, 0.6) is 5.75 Å². The number of anilines is 1. The second-order valence-electron chi connectivity index (χ2n) is 9.36. The summed E-state index contributed by atoms with van der Waals surface area (Å²) < 4.78 is 84.7. The molecule has 2 saturated heterocycles. The number of halogens is 6. The third-order valence-corrected chi connectivity index (χ3v) is 6.92. The van der Waals surface area contributed by atoms with Gasteiger partial charge in [0.25, 0.3) is 5.91 Å². The quantitative estimate of drug-likeness (QED) is 0.407. The second kappa shape index (κ2) is 10.4. The van der Waals surface area contributed by atoms with Gasteiger partial charge in [0, 0.05) is 25.7 Å². The van der Waals surface area contributed by atoms with Crippen molar-refractivity contribution in [2.24, 2.45) is 0 Å². The van der Waals surface area contributed by atoms with Gasteiger partial charge in [0.05, 0.1) is 23.9 Å². The van der Waals surface area contributed by atoms with Crippen LogP contribution in [0.1, 0.15) is 41.1 Å². The minimum Gasteiger partial charge on any atom is -0.497 e. The number of nitrogens with zero attached hydrogens (tertiary/aromatic N) is 2. The predicted molar refractivity (Wildman–Crippen MR) is 125 cm³/mol. The molecule has 12 heteroatoms. The van der Waals surface area contributed by atoms with E-state index in [1.165, 1.54) is 7.11 Å². The van der Waals surface area contributed by atoms with Crippen LogP contribution in [-0.4, -0.2) is 55.0 Å². The van der Waals surface area contributed by atoms with Crippen molar-refractivity contribution in [2.75, 3.05) is 38.7 Å². The van der Waals surface area contributed by atoms with E-state index in [0.717, 1.165) is 31.5 Å². The molecule has 1 unspecified atom stereocenters. The fraction of sp³-hybridized carbons (Fsp3) is 0.480. The zero-order valence-electron chi connectivity index (χ0n) is 20.3. The lowest BCUT2D eigenvalue weighted by Crippen LogP contribution is -2.54. The Morgan fingerprint density at radius 3 is 2.27 bits per heavy atom. The van der Waals surface area contributed by atoms with E-state index in [1.807, 2.05) is 11.8 Å². The fourth-order valence-corrected chi connectivity index (χ4v) is 5.06. The molecule has 4 rings (SSSR count). The number of nitrogens with one attached hydrogen (secondary N) is 2. The minimum absolute atomic E-state index is 0.0393. The standard InChI is InChI=1S/C25H28F6N4O2/c1-15-10-20(37-2)5-6-21(15)22(35-9-8-34-7-3-4-19(34)14-35)23(36)33-32-18-12-16(24(26,27)28)11-17(13-18)25(29,30)31/h5-6,10-13,19,22,32H,3-4,7-9,14H2,1-2H3,(H,33,36)/t19-,22?/m1/s1. The first-order valence-electron chi connectivity index (χ1n) is 11.8. The molecule has 0 spiro atoms. The number of piperazine rings is 1. The van der Waals surface area contributed by atoms with Gasteiger partial charge in [-0.15, -0.1) is 0 Å². The van der Waals surface area contributed by atoms with Gasteiger partial charge in [-0.2, -0.15) is 26.3 Å². The van der Waals surface area contributed by atoms with Crippen LogP contribution in [0.2, 0.25) is 0 Å². The summed E-state index contributed by atoms with van der Waals surface area (Å²) in [5, 5.41) is 0. The number of hydrogen-bond acceptors (Lipinski definition) is 5. The van der Waals surface area contributed by atoms with Crippen LogP contribution in [0, 0.1) is 6.92 Å². The van der Waals surface area contributed by atoms with E-state index in [0.29, 0.717) is 36.5 Å². The first-order valence-corrected chi connectivity index (χ1v) is 11.8. The molecule has 2 fully saturated rings. The zero-order valence-corrected chi connectivity index (χ0v) is 20.3. The molecule has 1 amide bonds. The maximum atomic E-state index is 13.5. The van der Waals surface area contributed by atoms with Gasteiger partial charge in [0.1, 0.15) is 11.8 Å². The Balaban J connectivity index is 1.61. The maximum absolute atomic E-state index is 13.5. The smallest absolute Gasteiger partial charge is 0.416 e. The molecule has 202 valence electrons. The number of rotatable bonds is 6. The highest BCUT2D eigenvalue weighted by Gasteiger charge is 2.39. The normalized spacial score (nSPS) is 19.8. The molecule has 2 atom stereocenters. The van der Waals surface area contributed by atoms with Crippen LogP contribution in [0.25, 0.3) is 0 Å². The number of methoxy groups -OCH3 is 1. The van der Waals surface area contributed by atoms with E-state index in [1.54, 1.807) is 18.2 Å². The first-order chi connectivity index (χ1) is 17.4. The van der Waals surface area contributed by atoms with E-state index >= 15 is 0 Å². The lowest BCUT2D eigenvalue weighted by molar-refractivity contribution is -0.143. The summed E-state index contributed by atoms with van der Waals surface area (Å²) in [6.07, 6.45) is -7.93. The van der Waals surface area contributed by atoms with Gasteiger partial charge in [-0.25, -0.2) is 0 Å². The molecule has 0 radical (unpaired) electrons. The number of carbonyl (C=O) groups is 1. The summed E-state index contributed by atoms with van der Waals surface area (Å²) in [6.45, 7) is 4.78. The molecule has 6 nitrogen and oxygen atoms in total. The Kier molecular flexibility index (Phi) is 7.61. The fourth-order valence-electron chi connectivity index (χ4n) is 5.06. The Morgan fingerprint density at radius 1 is 1.00 bits per heavy atom. The molecule has 0 aromatic heterocycles. The molecule has 0 bridgehead atoms. The largest absolute Gasteiger partial charge is 0.497 e.